The van der Waals surface area contributed by atoms with E-state index in [1.54, 1.807) is 0 Å². The molecule has 0 radical (unpaired) electrons. The van der Waals surface area contributed by atoms with Crippen LogP contribution in [0.5, 0.6) is 0 Å². The molecule has 3 aromatic carbocycles. The number of carbonyl (C=O) groups is 1. The Kier molecular flexibility index (Phi) is 5.80. The molecule has 0 bridgehead atoms. The first-order valence-corrected chi connectivity index (χ1v) is 9.76. The van der Waals surface area contributed by atoms with Crippen molar-refractivity contribution >= 4 is 17.3 Å². The molecule has 0 aliphatic rings. The van der Waals surface area contributed by atoms with Crippen LogP contribution in [0.3, 0.4) is 0 Å². The smallest absolute Gasteiger partial charge is 0.303 e. The standard InChI is InChI=1S/C25H21N3O2/c29-25(30)18-16-23-15-17-24(19-7-3-1-4-8-19)28(23)22-13-11-21(12-14-22)27-26-20-9-5-2-6-10-20/h1-15,17H,16,18H2,(H,29,30). The number of hydrogen-bond donors (Lipinski definition) is 1. The zero-order valence-electron chi connectivity index (χ0n) is 16.3. The minimum atomic E-state index is -0.805. The average Bonchev–Trinajstić information content (AvgIpc) is 3.22. The molecule has 0 aliphatic carbocycles. The summed E-state index contributed by atoms with van der Waals surface area (Å²) in [6, 6.07) is 31.5. The Balaban J connectivity index is 1.67. The summed E-state index contributed by atoms with van der Waals surface area (Å²) >= 11 is 0. The molecule has 0 fully saturated rings. The molecule has 0 aliphatic heterocycles. The highest BCUT2D eigenvalue weighted by Crippen LogP contribution is 2.29. The molecule has 0 atom stereocenters. The van der Waals surface area contributed by atoms with E-state index >= 15 is 0 Å². The van der Waals surface area contributed by atoms with E-state index < -0.39 is 5.97 Å². The lowest BCUT2D eigenvalue weighted by Crippen LogP contribution is -2.05. The molecular weight excluding hydrogens is 374 g/mol. The summed E-state index contributed by atoms with van der Waals surface area (Å²) in [5.74, 6) is -0.805. The van der Waals surface area contributed by atoms with Crippen LogP contribution in [-0.2, 0) is 11.2 Å². The third-order valence-corrected chi connectivity index (χ3v) is 4.77. The van der Waals surface area contributed by atoms with Gasteiger partial charge in [0, 0.05) is 11.4 Å². The number of carboxylic acid groups (broad SMARTS) is 1. The van der Waals surface area contributed by atoms with E-state index in [0.717, 1.165) is 34.0 Å². The number of hydrogen-bond acceptors (Lipinski definition) is 3. The number of aryl methyl sites for hydroxylation is 1. The summed E-state index contributed by atoms with van der Waals surface area (Å²) in [4.78, 5) is 11.1. The molecule has 1 heterocycles. The van der Waals surface area contributed by atoms with Gasteiger partial charge in [-0.1, -0.05) is 48.5 Å². The van der Waals surface area contributed by atoms with Gasteiger partial charge in [-0.2, -0.15) is 10.2 Å². The van der Waals surface area contributed by atoms with Crippen LogP contribution in [0.2, 0.25) is 0 Å². The second-order valence-corrected chi connectivity index (χ2v) is 6.86. The van der Waals surface area contributed by atoms with Crippen molar-refractivity contribution in [3.63, 3.8) is 0 Å². The van der Waals surface area contributed by atoms with Crippen molar-refractivity contribution in [3.05, 3.63) is 103 Å². The zero-order chi connectivity index (χ0) is 20.8. The van der Waals surface area contributed by atoms with Gasteiger partial charge in [-0.15, -0.1) is 0 Å². The monoisotopic (exact) mass is 395 g/mol. The van der Waals surface area contributed by atoms with E-state index in [2.05, 4.69) is 26.9 Å². The largest absolute Gasteiger partial charge is 0.481 e. The van der Waals surface area contributed by atoms with Crippen molar-refractivity contribution in [1.29, 1.82) is 0 Å². The molecule has 0 spiro atoms. The fourth-order valence-corrected chi connectivity index (χ4v) is 3.33. The van der Waals surface area contributed by atoms with E-state index in [0.29, 0.717) is 6.42 Å². The number of aromatic nitrogens is 1. The molecule has 0 amide bonds. The van der Waals surface area contributed by atoms with E-state index in [4.69, 9.17) is 5.11 Å². The molecular formula is C25H21N3O2. The summed E-state index contributed by atoms with van der Waals surface area (Å²) in [6.45, 7) is 0. The second kappa shape index (κ2) is 9.01. The van der Waals surface area contributed by atoms with Crippen molar-refractivity contribution in [3.8, 4) is 16.9 Å². The van der Waals surface area contributed by atoms with Crippen LogP contribution in [0.15, 0.2) is 107 Å². The van der Waals surface area contributed by atoms with E-state index in [1.165, 1.54) is 0 Å². The maximum atomic E-state index is 11.1. The molecule has 4 rings (SSSR count). The molecule has 0 unspecified atom stereocenters. The SMILES string of the molecule is O=C(O)CCc1ccc(-c2ccccc2)n1-c1ccc(N=Nc2ccccc2)cc1. The van der Waals surface area contributed by atoms with Gasteiger partial charge in [-0.25, -0.2) is 0 Å². The van der Waals surface area contributed by atoms with Crippen LogP contribution in [0.4, 0.5) is 11.4 Å². The second-order valence-electron chi connectivity index (χ2n) is 6.86. The Morgan fingerprint density at radius 2 is 1.33 bits per heavy atom. The summed E-state index contributed by atoms with van der Waals surface area (Å²) in [5, 5.41) is 17.7. The zero-order valence-corrected chi connectivity index (χ0v) is 16.3. The van der Waals surface area contributed by atoms with Gasteiger partial charge in [0.25, 0.3) is 0 Å². The number of aliphatic carboxylic acids is 1. The highest BCUT2D eigenvalue weighted by atomic mass is 16.4. The predicted molar refractivity (Wildman–Crippen MR) is 118 cm³/mol. The third kappa shape index (κ3) is 4.52. The topological polar surface area (TPSA) is 66.9 Å². The maximum absolute atomic E-state index is 11.1. The van der Waals surface area contributed by atoms with E-state index in [9.17, 15) is 4.79 Å². The Bertz CT molecular complexity index is 1150. The summed E-state index contributed by atoms with van der Waals surface area (Å²) in [5.41, 5.74) is 5.56. The number of nitrogens with zero attached hydrogens (tertiary/aromatic N) is 3. The molecule has 1 N–H and O–H groups in total. The third-order valence-electron chi connectivity index (χ3n) is 4.77. The van der Waals surface area contributed by atoms with Crippen LogP contribution in [0.25, 0.3) is 16.9 Å². The van der Waals surface area contributed by atoms with Gasteiger partial charge in [0.1, 0.15) is 0 Å². The normalized spacial score (nSPS) is 11.1. The van der Waals surface area contributed by atoms with Crippen LogP contribution < -0.4 is 0 Å². The lowest BCUT2D eigenvalue weighted by Gasteiger charge is -2.14. The van der Waals surface area contributed by atoms with Crippen molar-refractivity contribution in [2.24, 2.45) is 10.2 Å². The van der Waals surface area contributed by atoms with Gasteiger partial charge in [-0.3, -0.25) is 4.79 Å². The molecule has 5 heteroatoms. The highest BCUT2D eigenvalue weighted by molar-refractivity contribution is 5.68. The summed E-state index contributed by atoms with van der Waals surface area (Å²) in [7, 11) is 0. The van der Waals surface area contributed by atoms with E-state index in [-0.39, 0.29) is 6.42 Å². The lowest BCUT2D eigenvalue weighted by atomic mass is 10.1. The van der Waals surface area contributed by atoms with Gasteiger partial charge in [-0.05, 0) is 60.5 Å². The minimum Gasteiger partial charge on any atom is -0.481 e. The first-order chi connectivity index (χ1) is 14.7. The Hall–Kier alpha value is -3.99. The minimum absolute atomic E-state index is 0.0849. The highest BCUT2D eigenvalue weighted by Gasteiger charge is 2.13. The number of rotatable bonds is 7. The quantitative estimate of drug-likeness (QED) is 0.359. The first kappa shape index (κ1) is 19.3. The molecule has 0 saturated carbocycles. The fourth-order valence-electron chi connectivity index (χ4n) is 3.33. The van der Waals surface area contributed by atoms with Crippen LogP contribution in [0, 0.1) is 0 Å². The Morgan fingerprint density at radius 1 is 0.733 bits per heavy atom. The number of carboxylic acids is 1. The van der Waals surface area contributed by atoms with Gasteiger partial charge >= 0.3 is 5.97 Å². The predicted octanol–water partition coefficient (Wildman–Crippen LogP) is 6.58. The Morgan fingerprint density at radius 3 is 1.97 bits per heavy atom. The van der Waals surface area contributed by atoms with Crippen LogP contribution >= 0.6 is 0 Å². The summed E-state index contributed by atoms with van der Waals surface area (Å²) < 4.78 is 2.11. The molecule has 148 valence electrons. The fraction of sp³-hybridized carbons (Fsp3) is 0.0800. The molecule has 5 nitrogen and oxygen atoms in total. The number of benzene rings is 3. The van der Waals surface area contributed by atoms with Crippen LogP contribution in [-0.4, -0.2) is 15.6 Å². The maximum Gasteiger partial charge on any atom is 0.303 e. The van der Waals surface area contributed by atoms with Crippen LogP contribution in [0.1, 0.15) is 12.1 Å². The van der Waals surface area contributed by atoms with Crippen molar-refractivity contribution in [1.82, 2.24) is 4.57 Å². The van der Waals surface area contributed by atoms with E-state index in [1.807, 2.05) is 84.9 Å². The Labute approximate surface area is 175 Å². The lowest BCUT2D eigenvalue weighted by molar-refractivity contribution is -0.136. The van der Waals surface area contributed by atoms with Crippen molar-refractivity contribution in [2.45, 2.75) is 12.8 Å². The average molecular weight is 395 g/mol. The number of azo groups is 1. The molecule has 30 heavy (non-hydrogen) atoms. The molecule has 4 aromatic rings. The van der Waals surface area contributed by atoms with Crippen molar-refractivity contribution in [2.75, 3.05) is 0 Å². The molecule has 1 aromatic heterocycles. The summed E-state index contributed by atoms with van der Waals surface area (Å²) in [6.07, 6.45) is 0.541. The van der Waals surface area contributed by atoms with Gasteiger partial charge in [0.15, 0.2) is 0 Å². The van der Waals surface area contributed by atoms with Crippen molar-refractivity contribution < 1.29 is 9.90 Å². The molecule has 0 saturated heterocycles. The first-order valence-electron chi connectivity index (χ1n) is 9.76. The van der Waals surface area contributed by atoms with Gasteiger partial charge in [0.2, 0.25) is 0 Å². The van der Waals surface area contributed by atoms with Gasteiger partial charge < -0.3 is 9.67 Å². The van der Waals surface area contributed by atoms with Gasteiger partial charge in [0.05, 0.1) is 23.5 Å².